The van der Waals surface area contributed by atoms with Crippen LogP contribution in [0.15, 0.2) is 70.9 Å². The minimum Gasteiger partial charge on any atom is -0.331 e. The zero-order valence-electron chi connectivity index (χ0n) is 18.4. The fourth-order valence-electron chi connectivity index (χ4n) is 3.85. The van der Waals surface area contributed by atoms with Crippen molar-refractivity contribution >= 4 is 11.6 Å². The predicted molar refractivity (Wildman–Crippen MR) is 121 cm³/mol. The fourth-order valence-corrected chi connectivity index (χ4v) is 3.85. The molecule has 0 atom stereocenters. The number of carbonyl (C=O) groups is 1. The molecule has 4 rings (SSSR count). The Balaban J connectivity index is 1.58. The van der Waals surface area contributed by atoms with Gasteiger partial charge in [0, 0.05) is 42.7 Å². The van der Waals surface area contributed by atoms with Gasteiger partial charge in [0.1, 0.15) is 11.5 Å². The van der Waals surface area contributed by atoms with E-state index in [4.69, 9.17) is 0 Å². The number of nitrogens with zero attached hydrogens (tertiary/aromatic N) is 4. The topological polar surface area (TPSA) is 58.5 Å². The lowest BCUT2D eigenvalue weighted by Gasteiger charge is -2.23. The smallest absolute Gasteiger partial charge is 0.274 e. The number of amides is 1. The van der Waals surface area contributed by atoms with E-state index in [-0.39, 0.29) is 24.5 Å². The Morgan fingerprint density at radius 3 is 2.70 bits per heavy atom. The molecule has 0 saturated heterocycles. The van der Waals surface area contributed by atoms with E-state index < -0.39 is 18.9 Å². The van der Waals surface area contributed by atoms with E-state index in [1.54, 1.807) is 6.20 Å². The molecule has 8 heteroatoms. The van der Waals surface area contributed by atoms with Gasteiger partial charge >= 0.3 is 0 Å². The van der Waals surface area contributed by atoms with E-state index in [2.05, 4.69) is 15.0 Å². The summed E-state index contributed by atoms with van der Waals surface area (Å²) >= 11 is 0. The third-order valence-electron chi connectivity index (χ3n) is 5.78. The van der Waals surface area contributed by atoms with Crippen molar-refractivity contribution in [2.24, 2.45) is 4.99 Å². The van der Waals surface area contributed by atoms with Crippen LogP contribution >= 0.6 is 0 Å². The predicted octanol–water partition coefficient (Wildman–Crippen LogP) is 5.38. The van der Waals surface area contributed by atoms with Crippen LogP contribution in [0.4, 0.5) is 13.2 Å². The Kier molecular flexibility index (Phi) is 6.53. The second-order valence-electron chi connectivity index (χ2n) is 8.03. The summed E-state index contributed by atoms with van der Waals surface area (Å²) in [7, 11) is 0. The second-order valence-corrected chi connectivity index (χ2v) is 8.03. The van der Waals surface area contributed by atoms with Gasteiger partial charge in [0.05, 0.1) is 12.3 Å². The number of hydrogen-bond donors (Lipinski definition) is 0. The normalized spacial score (nSPS) is 15.0. The lowest BCUT2D eigenvalue weighted by atomic mass is 9.95. The number of rotatable bonds is 7. The maximum absolute atomic E-state index is 13.7. The molecule has 33 heavy (non-hydrogen) atoms. The number of aliphatic imine (C=N–C) groups is 1. The molecule has 1 aromatic carbocycles. The third kappa shape index (κ3) is 4.94. The first-order valence-electron chi connectivity index (χ1n) is 10.6. The molecular weight excluding hydrogens is 429 g/mol. The average molecular weight is 452 g/mol. The van der Waals surface area contributed by atoms with Gasteiger partial charge in [0.25, 0.3) is 12.3 Å². The van der Waals surface area contributed by atoms with E-state index in [0.717, 1.165) is 21.7 Å². The third-order valence-corrected chi connectivity index (χ3v) is 5.78. The largest absolute Gasteiger partial charge is 0.331 e. The van der Waals surface area contributed by atoms with Crippen LogP contribution in [0.1, 0.15) is 34.5 Å². The number of fused-ring (bicyclic) bond motifs is 1. The van der Waals surface area contributed by atoms with Gasteiger partial charge in [-0.1, -0.05) is 12.1 Å². The quantitative estimate of drug-likeness (QED) is 0.567. The molecule has 1 amide bonds. The number of benzene rings is 1. The molecule has 0 N–H and O–H groups in total. The Morgan fingerprint density at radius 2 is 1.94 bits per heavy atom. The van der Waals surface area contributed by atoms with Gasteiger partial charge in [-0.25, -0.2) is 18.2 Å². The highest BCUT2D eigenvalue weighted by molar-refractivity contribution is 6.08. The summed E-state index contributed by atoms with van der Waals surface area (Å²) in [4.78, 5) is 27.2. The monoisotopic (exact) mass is 452 g/mol. The van der Waals surface area contributed by atoms with Gasteiger partial charge in [-0.2, -0.15) is 0 Å². The van der Waals surface area contributed by atoms with Crippen LogP contribution in [0.2, 0.25) is 0 Å². The molecule has 2 aliphatic rings. The number of carbonyl (C=O) groups excluding carboxylic acids is 1. The Labute approximate surface area is 190 Å². The van der Waals surface area contributed by atoms with Crippen molar-refractivity contribution in [2.75, 3.05) is 13.1 Å². The number of allylic oxidation sites excluding steroid dienone is 4. The Bertz CT molecular complexity index is 1210. The molecular formula is C25H23F3N4O. The number of halogens is 3. The summed E-state index contributed by atoms with van der Waals surface area (Å²) in [6.07, 6.45) is 5.23. The van der Waals surface area contributed by atoms with Gasteiger partial charge in [-0.05, 0) is 55.2 Å². The van der Waals surface area contributed by atoms with Crippen molar-refractivity contribution in [3.8, 4) is 11.3 Å². The average Bonchev–Trinajstić information content (AvgIpc) is 3.19. The molecule has 0 radical (unpaired) electrons. The van der Waals surface area contributed by atoms with Crippen LogP contribution in [0.25, 0.3) is 11.3 Å². The van der Waals surface area contributed by atoms with Crippen molar-refractivity contribution in [3.05, 3.63) is 82.7 Å². The number of aryl methyl sites for hydroxylation is 2. The molecule has 0 saturated carbocycles. The van der Waals surface area contributed by atoms with Gasteiger partial charge in [0.2, 0.25) is 0 Å². The lowest BCUT2D eigenvalue weighted by Crippen LogP contribution is -2.37. The SMILES string of the molecule is Cc1ccc(-c2nccnc2C(=O)N(CCC2=CN=C3CC=C(F)C=C23)CC(F)F)cc1C. The molecule has 0 unspecified atom stereocenters. The van der Waals surface area contributed by atoms with E-state index in [0.29, 0.717) is 28.8 Å². The fraction of sp³-hybridized carbons (Fsp3) is 0.280. The summed E-state index contributed by atoms with van der Waals surface area (Å²) in [5.41, 5.74) is 5.28. The van der Waals surface area contributed by atoms with Crippen molar-refractivity contribution < 1.29 is 18.0 Å². The molecule has 170 valence electrons. The van der Waals surface area contributed by atoms with Crippen LogP contribution < -0.4 is 0 Å². The Hall–Kier alpha value is -3.55. The van der Waals surface area contributed by atoms with Crippen LogP contribution in [-0.4, -0.2) is 46.0 Å². The number of aromatic nitrogens is 2. The zero-order valence-corrected chi connectivity index (χ0v) is 18.4. The molecule has 5 nitrogen and oxygen atoms in total. The van der Waals surface area contributed by atoms with Crippen LogP contribution in [0.5, 0.6) is 0 Å². The highest BCUT2D eigenvalue weighted by atomic mass is 19.3. The lowest BCUT2D eigenvalue weighted by molar-refractivity contribution is 0.0553. The van der Waals surface area contributed by atoms with Gasteiger partial charge in [-0.15, -0.1) is 0 Å². The molecule has 0 bridgehead atoms. The molecule has 1 aromatic heterocycles. The standard InChI is InChI=1S/C25H23F3N4O/c1-15-3-4-17(11-16(15)2)23-24(30-9-8-29-23)25(33)32(14-22(27)28)10-7-18-13-31-21-6-5-19(26)12-20(18)21/h3-5,8-9,11-13,22H,6-7,10,14H2,1-2H3. The van der Waals surface area contributed by atoms with Gasteiger partial charge in [-0.3, -0.25) is 14.8 Å². The summed E-state index contributed by atoms with van der Waals surface area (Å²) < 4.78 is 40.4. The number of hydrogen-bond acceptors (Lipinski definition) is 4. The maximum atomic E-state index is 13.7. The van der Waals surface area contributed by atoms with Crippen LogP contribution in [-0.2, 0) is 0 Å². The van der Waals surface area contributed by atoms with E-state index in [1.165, 1.54) is 24.5 Å². The summed E-state index contributed by atoms with van der Waals surface area (Å²) in [6.45, 7) is 3.20. The first kappa shape index (κ1) is 22.6. The van der Waals surface area contributed by atoms with Gasteiger partial charge in [0.15, 0.2) is 5.69 Å². The number of alkyl halides is 2. The summed E-state index contributed by atoms with van der Waals surface area (Å²) in [6, 6.07) is 5.65. The van der Waals surface area contributed by atoms with E-state index in [9.17, 15) is 18.0 Å². The Morgan fingerprint density at radius 1 is 1.15 bits per heavy atom. The van der Waals surface area contributed by atoms with Crippen molar-refractivity contribution in [3.63, 3.8) is 0 Å². The van der Waals surface area contributed by atoms with Crippen molar-refractivity contribution in [2.45, 2.75) is 33.1 Å². The van der Waals surface area contributed by atoms with Crippen LogP contribution in [0.3, 0.4) is 0 Å². The molecule has 2 heterocycles. The summed E-state index contributed by atoms with van der Waals surface area (Å²) in [5, 5.41) is 0. The minimum atomic E-state index is -2.71. The van der Waals surface area contributed by atoms with E-state index >= 15 is 0 Å². The minimum absolute atomic E-state index is 0.0173. The zero-order chi connectivity index (χ0) is 23.5. The molecule has 2 aromatic rings. The molecule has 1 aliphatic carbocycles. The van der Waals surface area contributed by atoms with Gasteiger partial charge < -0.3 is 4.90 Å². The van der Waals surface area contributed by atoms with Crippen molar-refractivity contribution in [1.29, 1.82) is 0 Å². The highest BCUT2D eigenvalue weighted by Crippen LogP contribution is 2.30. The summed E-state index contributed by atoms with van der Waals surface area (Å²) in [5.74, 6) is -0.977. The first-order valence-corrected chi connectivity index (χ1v) is 10.6. The molecule has 1 aliphatic heterocycles. The molecule has 0 fully saturated rings. The highest BCUT2D eigenvalue weighted by Gasteiger charge is 2.27. The molecule has 0 spiro atoms. The maximum Gasteiger partial charge on any atom is 0.274 e. The first-order chi connectivity index (χ1) is 15.8. The second kappa shape index (κ2) is 9.52. The van der Waals surface area contributed by atoms with Crippen LogP contribution in [0, 0.1) is 13.8 Å². The van der Waals surface area contributed by atoms with Crippen molar-refractivity contribution in [1.82, 2.24) is 14.9 Å². The van der Waals surface area contributed by atoms with E-state index in [1.807, 2.05) is 32.0 Å².